The third-order valence-electron chi connectivity index (χ3n) is 3.57. The summed E-state index contributed by atoms with van der Waals surface area (Å²) in [6.45, 7) is 2.75. The monoisotopic (exact) mass is 261 g/mol. The van der Waals surface area contributed by atoms with Crippen LogP contribution in [0.1, 0.15) is 45.4 Å². The Morgan fingerprint density at radius 1 is 1.32 bits per heavy atom. The summed E-state index contributed by atoms with van der Waals surface area (Å²) in [5, 5.41) is 2.98. The number of ether oxygens (including phenoxy) is 1. The fourth-order valence-corrected chi connectivity index (χ4v) is 2.59. The van der Waals surface area contributed by atoms with Gasteiger partial charge in [-0.15, -0.1) is 0 Å². The van der Waals surface area contributed by atoms with Gasteiger partial charge < -0.3 is 10.1 Å². The summed E-state index contributed by atoms with van der Waals surface area (Å²) < 4.78 is 5.64. The normalized spacial score (nSPS) is 15.4. The molecule has 0 unspecified atom stereocenters. The first-order valence-corrected chi connectivity index (χ1v) is 7.31. The number of anilines is 1. The van der Waals surface area contributed by atoms with Gasteiger partial charge in [-0.2, -0.15) is 0 Å². The zero-order valence-electron chi connectivity index (χ0n) is 11.7. The molecule has 1 aromatic rings. The zero-order valence-corrected chi connectivity index (χ0v) is 11.7. The average molecular weight is 261 g/mol. The molecule has 3 heteroatoms. The molecule has 0 radical (unpaired) electrons. The molecule has 0 atom stereocenters. The maximum Gasteiger partial charge on any atom is 0.224 e. The molecule has 1 aliphatic rings. The predicted molar refractivity (Wildman–Crippen MR) is 77.4 cm³/mol. The van der Waals surface area contributed by atoms with Crippen LogP contribution in [0, 0.1) is 5.92 Å². The topological polar surface area (TPSA) is 38.3 Å². The van der Waals surface area contributed by atoms with Gasteiger partial charge in [0.05, 0.1) is 12.3 Å². The second-order valence-electron chi connectivity index (χ2n) is 5.25. The van der Waals surface area contributed by atoms with Crippen molar-refractivity contribution in [2.45, 2.75) is 45.4 Å². The van der Waals surface area contributed by atoms with E-state index in [1.165, 1.54) is 25.7 Å². The van der Waals surface area contributed by atoms with Gasteiger partial charge in [0, 0.05) is 6.42 Å². The summed E-state index contributed by atoms with van der Waals surface area (Å²) >= 11 is 0. The molecule has 0 spiro atoms. The lowest BCUT2D eigenvalue weighted by Gasteiger charge is -2.13. The van der Waals surface area contributed by atoms with E-state index in [4.69, 9.17) is 4.74 Å². The van der Waals surface area contributed by atoms with Crippen molar-refractivity contribution in [3.63, 3.8) is 0 Å². The molecule has 3 nitrogen and oxygen atoms in total. The zero-order chi connectivity index (χ0) is 13.5. The predicted octanol–water partition coefficient (Wildman–Crippen LogP) is 3.99. The van der Waals surface area contributed by atoms with Crippen LogP contribution < -0.4 is 10.1 Å². The van der Waals surface area contributed by atoms with Crippen molar-refractivity contribution in [2.24, 2.45) is 5.92 Å². The molecule has 1 fully saturated rings. The first-order chi connectivity index (χ1) is 9.29. The van der Waals surface area contributed by atoms with Crippen LogP contribution >= 0.6 is 0 Å². The number of rotatable bonds is 6. The van der Waals surface area contributed by atoms with Gasteiger partial charge in [-0.1, -0.05) is 31.9 Å². The molecule has 1 saturated carbocycles. The summed E-state index contributed by atoms with van der Waals surface area (Å²) in [6.07, 6.45) is 6.54. The van der Waals surface area contributed by atoms with Crippen LogP contribution in [0.25, 0.3) is 0 Å². The van der Waals surface area contributed by atoms with Gasteiger partial charge in [0.25, 0.3) is 0 Å². The van der Waals surface area contributed by atoms with Crippen LogP contribution in [0.15, 0.2) is 24.3 Å². The Balaban J connectivity index is 1.91. The molecule has 0 aliphatic heterocycles. The van der Waals surface area contributed by atoms with E-state index in [9.17, 15) is 4.79 Å². The van der Waals surface area contributed by atoms with Gasteiger partial charge in [0.1, 0.15) is 5.75 Å². The van der Waals surface area contributed by atoms with E-state index in [1.54, 1.807) is 0 Å². The highest BCUT2D eigenvalue weighted by atomic mass is 16.5. The van der Waals surface area contributed by atoms with Crippen molar-refractivity contribution in [1.29, 1.82) is 0 Å². The number of hydrogen-bond donors (Lipinski definition) is 1. The molecule has 2 rings (SSSR count). The van der Waals surface area contributed by atoms with Gasteiger partial charge in [-0.05, 0) is 37.3 Å². The SMILES string of the molecule is CCCOc1ccccc1NC(=O)CC1CCCC1. The number of amides is 1. The van der Waals surface area contributed by atoms with Crippen molar-refractivity contribution in [3.05, 3.63) is 24.3 Å². The van der Waals surface area contributed by atoms with Crippen molar-refractivity contribution in [2.75, 3.05) is 11.9 Å². The van der Waals surface area contributed by atoms with Crippen LogP contribution in [0.3, 0.4) is 0 Å². The fourth-order valence-electron chi connectivity index (χ4n) is 2.59. The first kappa shape index (κ1) is 13.9. The van der Waals surface area contributed by atoms with Gasteiger partial charge in [0.2, 0.25) is 5.91 Å². The van der Waals surface area contributed by atoms with Crippen molar-refractivity contribution < 1.29 is 9.53 Å². The number of carbonyl (C=O) groups excluding carboxylic acids is 1. The highest BCUT2D eigenvalue weighted by Gasteiger charge is 2.19. The van der Waals surface area contributed by atoms with Gasteiger partial charge in [-0.25, -0.2) is 0 Å². The summed E-state index contributed by atoms with van der Waals surface area (Å²) in [7, 11) is 0. The minimum absolute atomic E-state index is 0.111. The molecule has 0 aromatic heterocycles. The maximum absolute atomic E-state index is 12.0. The van der Waals surface area contributed by atoms with Crippen molar-refractivity contribution in [3.8, 4) is 5.75 Å². The van der Waals surface area contributed by atoms with Crippen molar-refractivity contribution in [1.82, 2.24) is 0 Å². The standard InChI is InChI=1S/C16H23NO2/c1-2-11-19-15-10-6-5-9-14(15)17-16(18)12-13-7-3-4-8-13/h5-6,9-10,13H,2-4,7-8,11-12H2,1H3,(H,17,18). The Hall–Kier alpha value is -1.51. The first-order valence-electron chi connectivity index (χ1n) is 7.31. The number of nitrogens with one attached hydrogen (secondary N) is 1. The van der Waals surface area contributed by atoms with E-state index in [1.807, 2.05) is 24.3 Å². The third-order valence-corrected chi connectivity index (χ3v) is 3.57. The summed E-state index contributed by atoms with van der Waals surface area (Å²) in [6, 6.07) is 7.65. The van der Waals surface area contributed by atoms with Gasteiger partial charge >= 0.3 is 0 Å². The molecular formula is C16H23NO2. The molecule has 1 amide bonds. The molecule has 19 heavy (non-hydrogen) atoms. The highest BCUT2D eigenvalue weighted by Crippen LogP contribution is 2.29. The Bertz CT molecular complexity index is 411. The van der Waals surface area contributed by atoms with Crippen molar-refractivity contribution >= 4 is 11.6 Å². The van der Waals surface area contributed by atoms with Crippen LogP contribution in [0.4, 0.5) is 5.69 Å². The quantitative estimate of drug-likeness (QED) is 0.840. The molecule has 0 bridgehead atoms. The molecule has 1 N–H and O–H groups in total. The second-order valence-corrected chi connectivity index (χ2v) is 5.25. The van der Waals surface area contributed by atoms with E-state index in [-0.39, 0.29) is 5.91 Å². The number of hydrogen-bond acceptors (Lipinski definition) is 2. The third kappa shape index (κ3) is 4.27. The number of para-hydroxylation sites is 2. The fraction of sp³-hybridized carbons (Fsp3) is 0.562. The lowest BCUT2D eigenvalue weighted by atomic mass is 10.0. The highest BCUT2D eigenvalue weighted by molar-refractivity contribution is 5.92. The van der Waals surface area contributed by atoms with Crippen LogP contribution in [-0.2, 0) is 4.79 Å². The van der Waals surface area contributed by atoms with Gasteiger partial charge in [0.15, 0.2) is 0 Å². The van der Waals surface area contributed by atoms with Crippen LogP contribution in [0.2, 0.25) is 0 Å². The second kappa shape index (κ2) is 7.17. The summed E-state index contributed by atoms with van der Waals surface area (Å²) in [4.78, 5) is 12.0. The summed E-state index contributed by atoms with van der Waals surface area (Å²) in [5.74, 6) is 1.45. The van der Waals surface area contributed by atoms with E-state index in [2.05, 4.69) is 12.2 Å². The molecule has 0 heterocycles. The minimum atomic E-state index is 0.111. The lowest BCUT2D eigenvalue weighted by Crippen LogP contribution is -2.15. The van der Waals surface area contributed by atoms with E-state index in [0.717, 1.165) is 17.9 Å². The maximum atomic E-state index is 12.0. The number of benzene rings is 1. The minimum Gasteiger partial charge on any atom is -0.491 e. The Kier molecular flexibility index (Phi) is 5.25. The average Bonchev–Trinajstić information content (AvgIpc) is 2.90. The van der Waals surface area contributed by atoms with Gasteiger partial charge in [-0.3, -0.25) is 4.79 Å². The molecular weight excluding hydrogens is 238 g/mol. The summed E-state index contributed by atoms with van der Waals surface area (Å²) in [5.41, 5.74) is 0.791. The molecule has 104 valence electrons. The van der Waals surface area contributed by atoms with Crippen LogP contribution in [0.5, 0.6) is 5.75 Å². The Morgan fingerprint density at radius 2 is 2.05 bits per heavy atom. The lowest BCUT2D eigenvalue weighted by molar-refractivity contribution is -0.117. The van der Waals surface area contributed by atoms with E-state index < -0.39 is 0 Å². The Morgan fingerprint density at radius 3 is 2.79 bits per heavy atom. The van der Waals surface area contributed by atoms with E-state index in [0.29, 0.717) is 18.9 Å². The molecule has 1 aromatic carbocycles. The Labute approximate surface area is 115 Å². The smallest absolute Gasteiger partial charge is 0.224 e. The molecule has 1 aliphatic carbocycles. The largest absolute Gasteiger partial charge is 0.491 e. The van der Waals surface area contributed by atoms with Crippen LogP contribution in [-0.4, -0.2) is 12.5 Å². The molecule has 0 saturated heterocycles. The van der Waals surface area contributed by atoms with E-state index >= 15 is 0 Å². The number of carbonyl (C=O) groups is 1.